The molecule has 1 atom stereocenters. The molecule has 0 aliphatic rings. The maximum absolute atomic E-state index is 13.5. The lowest BCUT2D eigenvalue weighted by Gasteiger charge is -2.17. The quantitative estimate of drug-likeness (QED) is 0.819. The molecular weight excluding hydrogens is 245 g/mol. The lowest BCUT2D eigenvalue weighted by molar-refractivity contribution is 0.572. The summed E-state index contributed by atoms with van der Waals surface area (Å²) in [7, 11) is 1.79. The molecule has 0 fully saturated rings. The van der Waals surface area contributed by atoms with E-state index in [2.05, 4.69) is 27.8 Å². The predicted molar refractivity (Wildman–Crippen MR) is 60.7 cm³/mol. The Labute approximate surface area is 92.1 Å². The van der Waals surface area contributed by atoms with E-state index in [1.54, 1.807) is 19.2 Å². The topological polar surface area (TPSA) is 12.0 Å². The van der Waals surface area contributed by atoms with Gasteiger partial charge >= 0.3 is 0 Å². The van der Waals surface area contributed by atoms with E-state index in [0.29, 0.717) is 5.56 Å². The largest absolute Gasteiger partial charge is 0.310 e. The third-order valence-corrected chi connectivity index (χ3v) is 2.54. The third kappa shape index (κ3) is 2.42. The van der Waals surface area contributed by atoms with Gasteiger partial charge in [-0.2, -0.15) is 0 Å². The van der Waals surface area contributed by atoms with Crippen molar-refractivity contribution in [3.8, 4) is 0 Å². The van der Waals surface area contributed by atoms with Gasteiger partial charge in [-0.3, -0.25) is 0 Å². The summed E-state index contributed by atoms with van der Waals surface area (Å²) in [6.07, 6.45) is 0. The van der Waals surface area contributed by atoms with Gasteiger partial charge in [0.1, 0.15) is 5.82 Å². The Hall–Kier alpha value is -0.670. The van der Waals surface area contributed by atoms with E-state index in [1.165, 1.54) is 6.07 Å². The van der Waals surface area contributed by atoms with Crippen LogP contribution < -0.4 is 5.32 Å². The zero-order chi connectivity index (χ0) is 10.7. The van der Waals surface area contributed by atoms with E-state index in [1.807, 2.05) is 6.92 Å². The Balaban J connectivity index is 3.15. The first-order valence-electron chi connectivity index (χ1n) is 4.34. The number of hydrogen-bond donors (Lipinski definition) is 1. The fourth-order valence-electron chi connectivity index (χ4n) is 1.40. The molecule has 0 heterocycles. The van der Waals surface area contributed by atoms with E-state index in [-0.39, 0.29) is 11.9 Å². The number of benzene rings is 1. The maximum atomic E-state index is 13.5. The van der Waals surface area contributed by atoms with Crippen LogP contribution in [0.4, 0.5) is 4.39 Å². The number of likely N-dealkylation sites (N-methyl/N-ethyl adjacent to an activating group) is 1. The molecule has 0 aliphatic heterocycles. The van der Waals surface area contributed by atoms with Crippen LogP contribution in [0.1, 0.15) is 18.5 Å². The predicted octanol–water partition coefficient (Wildman–Crippen LogP) is 3.42. The number of hydrogen-bond acceptors (Lipinski definition) is 1. The Morgan fingerprint density at radius 3 is 2.71 bits per heavy atom. The minimum Gasteiger partial charge on any atom is -0.310 e. The van der Waals surface area contributed by atoms with E-state index in [0.717, 1.165) is 10.0 Å². The average molecular weight is 258 g/mol. The average Bonchev–Trinajstić information content (AvgIpc) is 2.11. The van der Waals surface area contributed by atoms with Crippen LogP contribution in [0.5, 0.6) is 0 Å². The fraction of sp³-hybridized carbons (Fsp3) is 0.273. The summed E-state index contributed by atoms with van der Waals surface area (Å²) in [5, 5.41) is 3.03. The minimum atomic E-state index is -0.212. The molecule has 1 N–H and O–H groups in total. The van der Waals surface area contributed by atoms with Crippen LogP contribution in [-0.2, 0) is 0 Å². The Morgan fingerprint density at radius 2 is 2.21 bits per heavy atom. The molecule has 0 amide bonds. The number of halogens is 2. The first-order valence-corrected chi connectivity index (χ1v) is 5.13. The maximum Gasteiger partial charge on any atom is 0.128 e. The van der Waals surface area contributed by atoms with Gasteiger partial charge in [-0.15, -0.1) is 0 Å². The second kappa shape index (κ2) is 4.71. The van der Waals surface area contributed by atoms with Crippen molar-refractivity contribution in [2.24, 2.45) is 0 Å². The SMILES string of the molecule is C=C(C)C(NC)c1cc(Br)ccc1F. The van der Waals surface area contributed by atoms with Crippen molar-refractivity contribution in [1.29, 1.82) is 0 Å². The minimum absolute atomic E-state index is 0.132. The van der Waals surface area contributed by atoms with E-state index < -0.39 is 0 Å². The van der Waals surface area contributed by atoms with Crippen LogP contribution in [-0.4, -0.2) is 7.05 Å². The molecule has 0 saturated carbocycles. The van der Waals surface area contributed by atoms with E-state index >= 15 is 0 Å². The molecule has 1 aromatic rings. The van der Waals surface area contributed by atoms with Crippen molar-refractivity contribution in [3.05, 3.63) is 46.2 Å². The molecule has 1 rings (SSSR count). The van der Waals surface area contributed by atoms with Crippen molar-refractivity contribution in [1.82, 2.24) is 5.32 Å². The lowest BCUT2D eigenvalue weighted by Crippen LogP contribution is -2.18. The summed E-state index contributed by atoms with van der Waals surface area (Å²) in [5.74, 6) is -0.212. The Bertz CT molecular complexity index is 349. The molecule has 1 aromatic carbocycles. The zero-order valence-corrected chi connectivity index (χ0v) is 9.86. The van der Waals surface area contributed by atoms with Gasteiger partial charge in [0, 0.05) is 10.0 Å². The fourth-order valence-corrected chi connectivity index (χ4v) is 1.78. The molecule has 3 heteroatoms. The van der Waals surface area contributed by atoms with Gasteiger partial charge in [-0.25, -0.2) is 4.39 Å². The summed E-state index contributed by atoms with van der Waals surface area (Å²) in [5.41, 5.74) is 1.51. The Kier molecular flexibility index (Phi) is 3.84. The highest BCUT2D eigenvalue weighted by Gasteiger charge is 2.14. The molecular formula is C11H13BrFN. The monoisotopic (exact) mass is 257 g/mol. The summed E-state index contributed by atoms with van der Waals surface area (Å²) >= 11 is 3.32. The first kappa shape index (κ1) is 11.4. The van der Waals surface area contributed by atoms with Crippen molar-refractivity contribution in [3.63, 3.8) is 0 Å². The van der Waals surface area contributed by atoms with Crippen LogP contribution in [0.25, 0.3) is 0 Å². The van der Waals surface area contributed by atoms with Gasteiger partial charge in [0.2, 0.25) is 0 Å². The Morgan fingerprint density at radius 1 is 1.57 bits per heavy atom. The van der Waals surface area contributed by atoms with Crippen LogP contribution in [0.3, 0.4) is 0 Å². The molecule has 0 saturated heterocycles. The highest BCUT2D eigenvalue weighted by molar-refractivity contribution is 9.10. The van der Waals surface area contributed by atoms with Gasteiger partial charge in [0.15, 0.2) is 0 Å². The van der Waals surface area contributed by atoms with Gasteiger partial charge in [-0.05, 0) is 32.2 Å². The zero-order valence-electron chi connectivity index (χ0n) is 8.27. The molecule has 0 bridgehead atoms. The molecule has 0 aliphatic carbocycles. The molecule has 76 valence electrons. The second-order valence-electron chi connectivity index (χ2n) is 3.23. The number of nitrogens with one attached hydrogen (secondary N) is 1. The summed E-state index contributed by atoms with van der Waals surface area (Å²) in [6, 6.07) is 4.77. The molecule has 1 nitrogen and oxygen atoms in total. The molecule has 0 radical (unpaired) electrons. The van der Waals surface area contributed by atoms with E-state index in [4.69, 9.17) is 0 Å². The van der Waals surface area contributed by atoms with Gasteiger partial charge < -0.3 is 5.32 Å². The highest BCUT2D eigenvalue weighted by Crippen LogP contribution is 2.25. The molecule has 0 aromatic heterocycles. The number of rotatable bonds is 3. The van der Waals surface area contributed by atoms with Crippen molar-refractivity contribution in [2.45, 2.75) is 13.0 Å². The summed E-state index contributed by atoms with van der Waals surface area (Å²) in [4.78, 5) is 0. The summed E-state index contributed by atoms with van der Waals surface area (Å²) < 4.78 is 14.3. The van der Waals surface area contributed by atoms with Gasteiger partial charge in [0.25, 0.3) is 0 Å². The highest BCUT2D eigenvalue weighted by atomic mass is 79.9. The van der Waals surface area contributed by atoms with Crippen LogP contribution >= 0.6 is 15.9 Å². The first-order chi connectivity index (χ1) is 6.56. The van der Waals surface area contributed by atoms with Gasteiger partial charge in [0.05, 0.1) is 6.04 Å². The van der Waals surface area contributed by atoms with Crippen LogP contribution in [0, 0.1) is 5.82 Å². The van der Waals surface area contributed by atoms with E-state index in [9.17, 15) is 4.39 Å². The van der Waals surface area contributed by atoms with Crippen molar-refractivity contribution in [2.75, 3.05) is 7.05 Å². The second-order valence-corrected chi connectivity index (χ2v) is 4.15. The normalized spacial score (nSPS) is 12.6. The van der Waals surface area contributed by atoms with Crippen LogP contribution in [0.15, 0.2) is 34.8 Å². The van der Waals surface area contributed by atoms with Crippen LogP contribution in [0.2, 0.25) is 0 Å². The standard InChI is InChI=1S/C11H13BrFN/c1-7(2)11(14-3)9-6-8(12)4-5-10(9)13/h4-6,11,14H,1H2,2-3H3. The third-order valence-electron chi connectivity index (χ3n) is 2.05. The summed E-state index contributed by atoms with van der Waals surface area (Å²) in [6.45, 7) is 5.71. The molecule has 14 heavy (non-hydrogen) atoms. The molecule has 1 unspecified atom stereocenters. The van der Waals surface area contributed by atoms with Crippen molar-refractivity contribution < 1.29 is 4.39 Å². The molecule has 0 spiro atoms. The van der Waals surface area contributed by atoms with Gasteiger partial charge in [-0.1, -0.05) is 28.1 Å². The van der Waals surface area contributed by atoms with Crippen molar-refractivity contribution >= 4 is 15.9 Å². The lowest BCUT2D eigenvalue weighted by atomic mass is 10.0. The smallest absolute Gasteiger partial charge is 0.128 e.